The van der Waals surface area contributed by atoms with Crippen molar-refractivity contribution in [3.8, 4) is 0 Å². The van der Waals surface area contributed by atoms with Crippen LogP contribution in [0.5, 0.6) is 0 Å². The number of nitrogens with zero attached hydrogens (tertiary/aromatic N) is 2. The first-order valence-electron chi connectivity index (χ1n) is 6.89. The zero-order valence-electron chi connectivity index (χ0n) is 12.2. The molecule has 8 heteroatoms. The van der Waals surface area contributed by atoms with Gasteiger partial charge in [0.15, 0.2) is 0 Å². The Labute approximate surface area is 124 Å². The summed E-state index contributed by atoms with van der Waals surface area (Å²) in [5.74, 6) is -0.100. The highest BCUT2D eigenvalue weighted by molar-refractivity contribution is 7.89. The number of rotatable bonds is 4. The molecule has 118 valence electrons. The fraction of sp³-hybridized carbons (Fsp3) is 0.615. The summed E-state index contributed by atoms with van der Waals surface area (Å²) in [4.78, 5) is 14.3. The predicted molar refractivity (Wildman–Crippen MR) is 77.4 cm³/mol. The molecule has 1 atom stereocenters. The van der Waals surface area contributed by atoms with Crippen LogP contribution in [0.3, 0.4) is 0 Å². The molecule has 1 amide bonds. The number of sulfonamides is 1. The second-order valence-electron chi connectivity index (χ2n) is 5.32. The van der Waals surface area contributed by atoms with Crippen LogP contribution >= 0.6 is 0 Å². The summed E-state index contributed by atoms with van der Waals surface area (Å²) in [6, 6.07) is 1.39. The highest BCUT2D eigenvalue weighted by Crippen LogP contribution is 2.20. The van der Waals surface area contributed by atoms with Crippen molar-refractivity contribution >= 4 is 15.9 Å². The van der Waals surface area contributed by atoms with E-state index < -0.39 is 10.0 Å². The van der Waals surface area contributed by atoms with E-state index in [0.29, 0.717) is 18.8 Å². The summed E-state index contributed by atoms with van der Waals surface area (Å²) in [6.45, 7) is 1.21. The van der Waals surface area contributed by atoms with Crippen LogP contribution in [0.15, 0.2) is 17.2 Å². The third kappa shape index (κ3) is 3.28. The van der Waals surface area contributed by atoms with Crippen LogP contribution in [0.25, 0.3) is 0 Å². The number of aryl methyl sites for hydroxylation is 1. The monoisotopic (exact) mass is 315 g/mol. The first kappa shape index (κ1) is 16.0. The molecule has 2 heterocycles. The van der Waals surface area contributed by atoms with Crippen molar-refractivity contribution in [3.63, 3.8) is 0 Å². The zero-order chi connectivity index (χ0) is 15.6. The van der Waals surface area contributed by atoms with E-state index in [4.69, 9.17) is 0 Å². The van der Waals surface area contributed by atoms with E-state index in [1.165, 1.54) is 23.9 Å². The first-order valence-corrected chi connectivity index (χ1v) is 8.37. The second kappa shape index (κ2) is 6.17. The Morgan fingerprint density at radius 3 is 2.86 bits per heavy atom. The fourth-order valence-electron chi connectivity index (χ4n) is 2.57. The average molecular weight is 315 g/mol. The topological polar surface area (TPSA) is 91.6 Å². The number of nitrogens with one attached hydrogen (secondary N) is 1. The highest BCUT2D eigenvalue weighted by atomic mass is 32.2. The Morgan fingerprint density at radius 2 is 2.24 bits per heavy atom. The molecule has 0 radical (unpaired) electrons. The van der Waals surface area contributed by atoms with E-state index in [1.54, 1.807) is 11.9 Å². The summed E-state index contributed by atoms with van der Waals surface area (Å²) in [5.41, 5.74) is 0.336. The van der Waals surface area contributed by atoms with Gasteiger partial charge in [0.1, 0.15) is 10.6 Å². The van der Waals surface area contributed by atoms with Crippen LogP contribution < -0.4 is 4.72 Å². The van der Waals surface area contributed by atoms with Crippen molar-refractivity contribution < 1.29 is 18.3 Å². The van der Waals surface area contributed by atoms with Crippen molar-refractivity contribution in [2.24, 2.45) is 13.0 Å². The van der Waals surface area contributed by atoms with Gasteiger partial charge in [0, 0.05) is 32.9 Å². The van der Waals surface area contributed by atoms with Crippen LogP contribution in [0.2, 0.25) is 0 Å². The van der Waals surface area contributed by atoms with Crippen molar-refractivity contribution in [1.82, 2.24) is 14.2 Å². The molecule has 0 aromatic carbocycles. The number of hydrogen-bond donors (Lipinski definition) is 2. The Bertz CT molecular complexity index is 623. The molecule has 1 aliphatic heterocycles. The average Bonchev–Trinajstić information content (AvgIpc) is 2.89. The number of carbonyl (C=O) groups excluding carboxylic acids is 1. The molecule has 21 heavy (non-hydrogen) atoms. The summed E-state index contributed by atoms with van der Waals surface area (Å²) in [6.07, 6.45) is 3.18. The maximum absolute atomic E-state index is 12.5. The molecule has 0 aliphatic carbocycles. The molecule has 1 unspecified atom stereocenters. The molecule has 1 aliphatic rings. The number of carbonyl (C=O) groups is 1. The first-order chi connectivity index (χ1) is 9.89. The van der Waals surface area contributed by atoms with Gasteiger partial charge in [0.2, 0.25) is 10.0 Å². The molecule has 2 rings (SSSR count). The fourth-order valence-corrected chi connectivity index (χ4v) is 3.37. The summed E-state index contributed by atoms with van der Waals surface area (Å²) in [5, 5.41) is 9.23. The maximum atomic E-state index is 12.5. The van der Waals surface area contributed by atoms with E-state index in [9.17, 15) is 18.3 Å². The molecular weight excluding hydrogens is 294 g/mol. The van der Waals surface area contributed by atoms with Gasteiger partial charge in [0.05, 0.1) is 0 Å². The van der Waals surface area contributed by atoms with Crippen LogP contribution in [0.4, 0.5) is 0 Å². The quantitative estimate of drug-likeness (QED) is 0.803. The molecular formula is C13H21N3O4S. The van der Waals surface area contributed by atoms with E-state index in [1.807, 2.05) is 0 Å². The standard InChI is InChI=1S/C13H21N3O4S/c1-14-21(19,20)11-6-12(15(2)8-11)13(18)16-5-3-4-10(7-16)9-17/h6,8,10,14,17H,3-5,7,9H2,1-2H3. The van der Waals surface area contributed by atoms with Gasteiger partial charge < -0.3 is 14.6 Å². The molecule has 1 aromatic rings. The molecule has 0 saturated carbocycles. The Balaban J connectivity index is 2.24. The lowest BCUT2D eigenvalue weighted by Crippen LogP contribution is -2.41. The maximum Gasteiger partial charge on any atom is 0.270 e. The van der Waals surface area contributed by atoms with Gasteiger partial charge in [-0.05, 0) is 31.9 Å². The number of piperidine rings is 1. The largest absolute Gasteiger partial charge is 0.396 e. The summed E-state index contributed by atoms with van der Waals surface area (Å²) in [7, 11) is -0.579. The molecule has 1 fully saturated rings. The van der Waals surface area contributed by atoms with Gasteiger partial charge in [0.25, 0.3) is 5.91 Å². The van der Waals surface area contributed by atoms with Crippen molar-refractivity contribution in [3.05, 3.63) is 18.0 Å². The third-order valence-electron chi connectivity index (χ3n) is 3.84. The number of aliphatic hydroxyl groups excluding tert-OH is 1. The molecule has 7 nitrogen and oxygen atoms in total. The number of likely N-dealkylation sites (tertiary alicyclic amines) is 1. The SMILES string of the molecule is CNS(=O)(=O)c1cc(C(=O)N2CCCC(CO)C2)n(C)c1. The Hall–Kier alpha value is -1.38. The van der Waals surface area contributed by atoms with Gasteiger partial charge >= 0.3 is 0 Å². The predicted octanol–water partition coefficient (Wildman–Crippen LogP) is -0.222. The summed E-state index contributed by atoms with van der Waals surface area (Å²) < 4.78 is 27.3. The van der Waals surface area contributed by atoms with Crippen LogP contribution in [-0.4, -0.2) is 55.6 Å². The molecule has 1 aromatic heterocycles. The van der Waals surface area contributed by atoms with E-state index >= 15 is 0 Å². The van der Waals surface area contributed by atoms with Crippen LogP contribution in [-0.2, 0) is 17.1 Å². The summed E-state index contributed by atoms with van der Waals surface area (Å²) >= 11 is 0. The minimum atomic E-state index is -3.56. The van der Waals surface area contributed by atoms with E-state index in [-0.39, 0.29) is 23.3 Å². The lowest BCUT2D eigenvalue weighted by molar-refractivity contribution is 0.0611. The minimum Gasteiger partial charge on any atom is -0.396 e. The van der Waals surface area contributed by atoms with E-state index in [2.05, 4.69) is 4.72 Å². The Kier molecular flexibility index (Phi) is 4.70. The van der Waals surface area contributed by atoms with Crippen LogP contribution in [0, 0.1) is 5.92 Å². The molecule has 1 saturated heterocycles. The second-order valence-corrected chi connectivity index (χ2v) is 7.21. The number of amides is 1. The van der Waals surface area contributed by atoms with Gasteiger partial charge in [-0.15, -0.1) is 0 Å². The smallest absolute Gasteiger partial charge is 0.270 e. The van der Waals surface area contributed by atoms with Gasteiger partial charge in [-0.3, -0.25) is 4.79 Å². The lowest BCUT2D eigenvalue weighted by Gasteiger charge is -2.31. The van der Waals surface area contributed by atoms with Gasteiger partial charge in [-0.25, -0.2) is 13.1 Å². The van der Waals surface area contributed by atoms with Gasteiger partial charge in [-0.1, -0.05) is 0 Å². The number of hydrogen-bond acceptors (Lipinski definition) is 4. The number of aliphatic hydroxyl groups is 1. The third-order valence-corrected chi connectivity index (χ3v) is 5.22. The van der Waals surface area contributed by atoms with Crippen LogP contribution in [0.1, 0.15) is 23.3 Å². The lowest BCUT2D eigenvalue weighted by atomic mass is 9.99. The van der Waals surface area contributed by atoms with Gasteiger partial charge in [-0.2, -0.15) is 0 Å². The minimum absolute atomic E-state index is 0.0658. The normalized spacial score (nSPS) is 19.8. The van der Waals surface area contributed by atoms with E-state index in [0.717, 1.165) is 12.8 Å². The molecule has 0 spiro atoms. The highest BCUT2D eigenvalue weighted by Gasteiger charge is 2.27. The Morgan fingerprint density at radius 1 is 1.52 bits per heavy atom. The molecule has 2 N–H and O–H groups in total. The number of aromatic nitrogens is 1. The van der Waals surface area contributed by atoms with Crippen molar-refractivity contribution in [1.29, 1.82) is 0 Å². The zero-order valence-corrected chi connectivity index (χ0v) is 13.1. The molecule has 0 bridgehead atoms. The van der Waals surface area contributed by atoms with Crippen molar-refractivity contribution in [2.75, 3.05) is 26.7 Å². The van der Waals surface area contributed by atoms with Crippen molar-refractivity contribution in [2.45, 2.75) is 17.7 Å².